The van der Waals surface area contributed by atoms with Crippen molar-refractivity contribution in [2.24, 2.45) is 5.73 Å². The lowest BCUT2D eigenvalue weighted by molar-refractivity contribution is 0.273. The molecule has 0 aromatic heterocycles. The van der Waals surface area contributed by atoms with Crippen LogP contribution in [0.4, 0.5) is 4.39 Å². The summed E-state index contributed by atoms with van der Waals surface area (Å²) in [5.41, 5.74) is 6.14. The molecule has 1 rings (SSSR count). The maximum Gasteiger partial charge on any atom is 0.131 e. The molecule has 0 amide bonds. The second-order valence-corrected chi connectivity index (χ2v) is 4.46. The standard InChI is InChI=1S/C14H22FNO2/c1-11(16)13-7-6-12(10-14(13)15)18-9-5-3-2-4-8-17/h6-7,10-11,17H,2-5,8-9,16H2,1H3/t11-/m1/s1. The van der Waals surface area contributed by atoms with E-state index in [9.17, 15) is 4.39 Å². The predicted octanol–water partition coefficient (Wildman–Crippen LogP) is 2.78. The molecule has 3 N–H and O–H groups in total. The number of hydrogen-bond acceptors (Lipinski definition) is 3. The van der Waals surface area contributed by atoms with Crippen LogP contribution in [0.2, 0.25) is 0 Å². The van der Waals surface area contributed by atoms with Gasteiger partial charge in [0.1, 0.15) is 11.6 Å². The molecule has 0 heterocycles. The van der Waals surface area contributed by atoms with E-state index in [1.807, 2.05) is 0 Å². The predicted molar refractivity (Wildman–Crippen MR) is 70.1 cm³/mol. The topological polar surface area (TPSA) is 55.5 Å². The first-order chi connectivity index (χ1) is 8.65. The quantitative estimate of drug-likeness (QED) is 0.702. The Kier molecular flexibility index (Phi) is 6.68. The fourth-order valence-electron chi connectivity index (χ4n) is 1.72. The Hall–Kier alpha value is -1.13. The van der Waals surface area contributed by atoms with E-state index < -0.39 is 0 Å². The van der Waals surface area contributed by atoms with Gasteiger partial charge in [-0.25, -0.2) is 4.39 Å². The summed E-state index contributed by atoms with van der Waals surface area (Å²) in [4.78, 5) is 0. The van der Waals surface area contributed by atoms with Crippen LogP contribution in [0.15, 0.2) is 18.2 Å². The third kappa shape index (κ3) is 5.02. The van der Waals surface area contributed by atoms with Gasteiger partial charge in [0, 0.05) is 24.3 Å². The Morgan fingerprint density at radius 3 is 2.61 bits per heavy atom. The van der Waals surface area contributed by atoms with Gasteiger partial charge in [0.25, 0.3) is 0 Å². The fraction of sp³-hybridized carbons (Fsp3) is 0.571. The van der Waals surface area contributed by atoms with E-state index in [1.54, 1.807) is 19.1 Å². The van der Waals surface area contributed by atoms with Crippen LogP contribution in [-0.2, 0) is 0 Å². The highest BCUT2D eigenvalue weighted by Gasteiger charge is 2.07. The minimum Gasteiger partial charge on any atom is -0.493 e. The molecular formula is C14H22FNO2. The van der Waals surface area contributed by atoms with Crippen molar-refractivity contribution in [1.29, 1.82) is 0 Å². The fourth-order valence-corrected chi connectivity index (χ4v) is 1.72. The van der Waals surface area contributed by atoms with Crippen LogP contribution in [0.25, 0.3) is 0 Å². The van der Waals surface area contributed by atoms with Gasteiger partial charge in [-0.3, -0.25) is 0 Å². The molecule has 0 radical (unpaired) electrons. The summed E-state index contributed by atoms with van der Waals surface area (Å²) in [6.45, 7) is 2.56. The SMILES string of the molecule is C[C@@H](N)c1ccc(OCCCCCCO)cc1F. The zero-order chi connectivity index (χ0) is 13.4. The lowest BCUT2D eigenvalue weighted by Crippen LogP contribution is -2.07. The molecular weight excluding hydrogens is 233 g/mol. The minimum atomic E-state index is -0.317. The van der Waals surface area contributed by atoms with Crippen molar-refractivity contribution < 1.29 is 14.2 Å². The lowest BCUT2D eigenvalue weighted by atomic mass is 10.1. The molecule has 4 heteroatoms. The number of unbranched alkanes of at least 4 members (excludes halogenated alkanes) is 3. The van der Waals surface area contributed by atoms with Crippen LogP contribution in [0.1, 0.15) is 44.2 Å². The van der Waals surface area contributed by atoms with Gasteiger partial charge in [0.2, 0.25) is 0 Å². The van der Waals surface area contributed by atoms with Crippen LogP contribution in [0.5, 0.6) is 5.75 Å². The van der Waals surface area contributed by atoms with Crippen molar-refractivity contribution in [3.8, 4) is 5.75 Å². The average Bonchev–Trinajstić information content (AvgIpc) is 2.33. The summed E-state index contributed by atoms with van der Waals surface area (Å²) in [5.74, 6) is 0.224. The summed E-state index contributed by atoms with van der Waals surface area (Å²) < 4.78 is 19.0. The smallest absolute Gasteiger partial charge is 0.131 e. The first-order valence-electron chi connectivity index (χ1n) is 6.44. The van der Waals surface area contributed by atoms with Gasteiger partial charge in [-0.2, -0.15) is 0 Å². The Balaban J connectivity index is 2.33. The molecule has 0 aliphatic rings. The second-order valence-electron chi connectivity index (χ2n) is 4.46. The molecule has 0 aliphatic carbocycles. The number of benzene rings is 1. The minimum absolute atomic E-state index is 0.241. The number of aliphatic hydroxyl groups is 1. The largest absolute Gasteiger partial charge is 0.493 e. The van der Waals surface area contributed by atoms with Gasteiger partial charge in [-0.1, -0.05) is 12.5 Å². The molecule has 3 nitrogen and oxygen atoms in total. The molecule has 0 spiro atoms. The molecule has 0 saturated heterocycles. The van der Waals surface area contributed by atoms with Crippen molar-refractivity contribution in [1.82, 2.24) is 0 Å². The molecule has 18 heavy (non-hydrogen) atoms. The summed E-state index contributed by atoms with van der Waals surface area (Å²) in [5, 5.41) is 8.62. The summed E-state index contributed by atoms with van der Waals surface area (Å²) in [6, 6.07) is 4.49. The maximum atomic E-state index is 13.6. The number of aliphatic hydroxyl groups excluding tert-OH is 1. The summed E-state index contributed by atoms with van der Waals surface area (Å²) in [6.07, 6.45) is 3.76. The molecule has 0 bridgehead atoms. The van der Waals surface area contributed by atoms with Crippen molar-refractivity contribution in [2.45, 2.75) is 38.6 Å². The zero-order valence-corrected chi connectivity index (χ0v) is 10.9. The molecule has 102 valence electrons. The van der Waals surface area contributed by atoms with Gasteiger partial charge < -0.3 is 15.6 Å². The highest BCUT2D eigenvalue weighted by atomic mass is 19.1. The van der Waals surface area contributed by atoms with E-state index in [1.165, 1.54) is 6.07 Å². The third-order valence-electron chi connectivity index (χ3n) is 2.78. The van der Waals surface area contributed by atoms with Crippen LogP contribution < -0.4 is 10.5 Å². The van der Waals surface area contributed by atoms with Crippen molar-refractivity contribution in [2.75, 3.05) is 13.2 Å². The van der Waals surface area contributed by atoms with E-state index >= 15 is 0 Å². The number of rotatable bonds is 8. The van der Waals surface area contributed by atoms with Crippen molar-refractivity contribution in [3.05, 3.63) is 29.6 Å². The molecule has 1 aromatic carbocycles. The monoisotopic (exact) mass is 255 g/mol. The van der Waals surface area contributed by atoms with Gasteiger partial charge in [-0.05, 0) is 32.3 Å². The number of halogens is 1. The van der Waals surface area contributed by atoms with Crippen LogP contribution >= 0.6 is 0 Å². The van der Waals surface area contributed by atoms with E-state index in [-0.39, 0.29) is 18.5 Å². The Morgan fingerprint density at radius 1 is 1.28 bits per heavy atom. The van der Waals surface area contributed by atoms with Crippen LogP contribution in [0, 0.1) is 5.82 Å². The maximum absolute atomic E-state index is 13.6. The summed E-state index contributed by atoms with van der Waals surface area (Å²) >= 11 is 0. The van der Waals surface area contributed by atoms with Crippen LogP contribution in [0.3, 0.4) is 0 Å². The van der Waals surface area contributed by atoms with Gasteiger partial charge in [-0.15, -0.1) is 0 Å². The number of ether oxygens (including phenoxy) is 1. The molecule has 0 fully saturated rings. The lowest BCUT2D eigenvalue weighted by Gasteiger charge is -2.10. The van der Waals surface area contributed by atoms with Crippen molar-refractivity contribution in [3.63, 3.8) is 0 Å². The first kappa shape index (κ1) is 14.9. The first-order valence-corrected chi connectivity index (χ1v) is 6.44. The van der Waals surface area contributed by atoms with Gasteiger partial charge in [0.15, 0.2) is 0 Å². The van der Waals surface area contributed by atoms with Gasteiger partial charge >= 0.3 is 0 Å². The van der Waals surface area contributed by atoms with E-state index in [0.717, 1.165) is 25.7 Å². The van der Waals surface area contributed by atoms with Crippen LogP contribution in [-0.4, -0.2) is 18.3 Å². The molecule has 0 unspecified atom stereocenters. The average molecular weight is 255 g/mol. The molecule has 0 aliphatic heterocycles. The van der Waals surface area contributed by atoms with Crippen molar-refractivity contribution >= 4 is 0 Å². The second kappa shape index (κ2) is 8.06. The van der Waals surface area contributed by atoms with E-state index in [4.69, 9.17) is 15.6 Å². The third-order valence-corrected chi connectivity index (χ3v) is 2.78. The zero-order valence-electron chi connectivity index (χ0n) is 10.9. The van der Waals surface area contributed by atoms with E-state index in [0.29, 0.717) is 17.9 Å². The Labute approximate surface area is 108 Å². The van der Waals surface area contributed by atoms with E-state index in [2.05, 4.69) is 0 Å². The number of hydrogen-bond donors (Lipinski definition) is 2. The highest BCUT2D eigenvalue weighted by Crippen LogP contribution is 2.20. The number of nitrogens with two attached hydrogens (primary N) is 1. The Bertz CT molecular complexity index is 356. The molecule has 1 aromatic rings. The molecule has 1 atom stereocenters. The van der Waals surface area contributed by atoms with Gasteiger partial charge in [0.05, 0.1) is 6.61 Å². The highest BCUT2D eigenvalue weighted by molar-refractivity contribution is 5.30. The Morgan fingerprint density at radius 2 is 2.00 bits per heavy atom. The molecule has 0 saturated carbocycles. The summed E-state index contributed by atoms with van der Waals surface area (Å²) in [7, 11) is 0. The normalized spacial score (nSPS) is 12.4.